The average molecular weight is 290 g/mol. The summed E-state index contributed by atoms with van der Waals surface area (Å²) in [5.41, 5.74) is 0.918. The fraction of sp³-hybridized carbons (Fsp3) is 0.562. The van der Waals surface area contributed by atoms with E-state index in [9.17, 15) is 9.90 Å². The number of ether oxygens (including phenoxy) is 1. The van der Waals surface area contributed by atoms with Crippen molar-refractivity contribution in [1.29, 1.82) is 0 Å². The Kier molecular flexibility index (Phi) is 4.01. The van der Waals surface area contributed by atoms with Crippen LogP contribution in [0.1, 0.15) is 25.7 Å². The number of amides is 1. The number of para-hydroxylation sites is 2. The number of nitrogens with zero attached hydrogens (tertiary/aromatic N) is 1. The zero-order valence-electron chi connectivity index (χ0n) is 12.3. The molecule has 1 aromatic rings. The van der Waals surface area contributed by atoms with Crippen LogP contribution < -0.4 is 10.1 Å². The van der Waals surface area contributed by atoms with Crippen LogP contribution in [0.5, 0.6) is 5.75 Å². The first-order chi connectivity index (χ1) is 10.2. The molecule has 3 atom stereocenters. The van der Waals surface area contributed by atoms with E-state index in [1.54, 1.807) is 11.9 Å². The molecule has 2 N–H and O–H groups in total. The first-order valence-corrected chi connectivity index (χ1v) is 7.61. The standard InChI is InChI=1S/C16H22N2O3/c1-18(12-7-3-4-8-13(12)19)16(20)15-10-17-11-6-2-5-9-14(11)21-15/h2,5-6,9,12-13,15,17,19H,3-4,7-8,10H2,1H3. The quantitative estimate of drug-likeness (QED) is 0.869. The number of hydrogen-bond donors (Lipinski definition) is 2. The van der Waals surface area contributed by atoms with Gasteiger partial charge in [0.05, 0.1) is 24.4 Å². The second-order valence-electron chi connectivity index (χ2n) is 5.85. The van der Waals surface area contributed by atoms with Gasteiger partial charge < -0.3 is 20.1 Å². The normalized spacial score (nSPS) is 28.0. The van der Waals surface area contributed by atoms with Gasteiger partial charge in [0.25, 0.3) is 5.91 Å². The first kappa shape index (κ1) is 14.2. The Labute approximate surface area is 124 Å². The molecule has 5 nitrogen and oxygen atoms in total. The Morgan fingerprint density at radius 2 is 2.10 bits per heavy atom. The summed E-state index contributed by atoms with van der Waals surface area (Å²) in [7, 11) is 1.77. The second-order valence-corrected chi connectivity index (χ2v) is 5.85. The molecule has 3 rings (SSSR count). The van der Waals surface area contributed by atoms with Crippen LogP contribution in [-0.2, 0) is 4.79 Å². The lowest BCUT2D eigenvalue weighted by Gasteiger charge is -2.37. The molecule has 1 aliphatic heterocycles. The number of rotatable bonds is 2. The van der Waals surface area contributed by atoms with Crippen molar-refractivity contribution in [2.45, 2.75) is 43.9 Å². The highest BCUT2D eigenvalue weighted by molar-refractivity contribution is 5.83. The van der Waals surface area contributed by atoms with Crippen LogP contribution in [-0.4, -0.2) is 47.8 Å². The van der Waals surface area contributed by atoms with E-state index in [0.717, 1.165) is 31.4 Å². The van der Waals surface area contributed by atoms with Gasteiger partial charge >= 0.3 is 0 Å². The van der Waals surface area contributed by atoms with Gasteiger partial charge in [-0.25, -0.2) is 0 Å². The van der Waals surface area contributed by atoms with Crippen molar-refractivity contribution < 1.29 is 14.6 Å². The van der Waals surface area contributed by atoms with Crippen LogP contribution >= 0.6 is 0 Å². The van der Waals surface area contributed by atoms with E-state index in [0.29, 0.717) is 12.3 Å². The van der Waals surface area contributed by atoms with Gasteiger partial charge in [-0.2, -0.15) is 0 Å². The number of aliphatic hydroxyl groups excluding tert-OH is 1. The predicted octanol–water partition coefficient (Wildman–Crippen LogP) is 1.62. The predicted molar refractivity (Wildman–Crippen MR) is 80.4 cm³/mol. The molecule has 21 heavy (non-hydrogen) atoms. The van der Waals surface area contributed by atoms with Crippen LogP contribution in [0, 0.1) is 0 Å². The number of carbonyl (C=O) groups excluding carboxylic acids is 1. The minimum atomic E-state index is -0.529. The van der Waals surface area contributed by atoms with Crippen molar-refractivity contribution in [1.82, 2.24) is 4.90 Å². The molecule has 114 valence electrons. The van der Waals surface area contributed by atoms with E-state index in [1.165, 1.54) is 0 Å². The summed E-state index contributed by atoms with van der Waals surface area (Å²) < 4.78 is 5.81. The van der Waals surface area contributed by atoms with Crippen molar-refractivity contribution >= 4 is 11.6 Å². The lowest BCUT2D eigenvalue weighted by Crippen LogP contribution is -2.53. The van der Waals surface area contributed by atoms with E-state index in [2.05, 4.69) is 5.32 Å². The summed E-state index contributed by atoms with van der Waals surface area (Å²) in [6, 6.07) is 7.53. The van der Waals surface area contributed by atoms with E-state index >= 15 is 0 Å². The zero-order valence-corrected chi connectivity index (χ0v) is 12.3. The van der Waals surface area contributed by atoms with Gasteiger partial charge in [0.15, 0.2) is 6.10 Å². The summed E-state index contributed by atoms with van der Waals surface area (Å²) in [6.07, 6.45) is 2.78. The first-order valence-electron chi connectivity index (χ1n) is 7.61. The lowest BCUT2D eigenvalue weighted by molar-refractivity contribution is -0.142. The largest absolute Gasteiger partial charge is 0.477 e. The molecular formula is C16H22N2O3. The van der Waals surface area contributed by atoms with Crippen LogP contribution in [0.25, 0.3) is 0 Å². The number of benzene rings is 1. The molecule has 1 fully saturated rings. The van der Waals surface area contributed by atoms with Gasteiger partial charge in [0.1, 0.15) is 5.75 Å². The molecule has 1 aromatic carbocycles. The van der Waals surface area contributed by atoms with Crippen LogP contribution in [0.2, 0.25) is 0 Å². The molecule has 5 heteroatoms. The summed E-state index contributed by atoms with van der Waals surface area (Å²) in [5, 5.41) is 13.3. The number of anilines is 1. The van der Waals surface area contributed by atoms with Gasteiger partial charge in [-0.05, 0) is 25.0 Å². The molecule has 1 saturated carbocycles. The molecule has 0 radical (unpaired) electrons. The van der Waals surface area contributed by atoms with Crippen molar-refractivity contribution in [3.8, 4) is 5.75 Å². The molecule has 1 heterocycles. The fourth-order valence-corrected chi connectivity index (χ4v) is 3.18. The molecule has 3 unspecified atom stereocenters. The number of nitrogens with one attached hydrogen (secondary N) is 1. The van der Waals surface area contributed by atoms with Crippen molar-refractivity contribution in [2.24, 2.45) is 0 Å². The summed E-state index contributed by atoms with van der Waals surface area (Å²) in [5.74, 6) is 0.641. The number of likely N-dealkylation sites (N-methyl/N-ethyl adjacent to an activating group) is 1. The average Bonchev–Trinajstić information content (AvgIpc) is 2.53. The molecular weight excluding hydrogens is 268 g/mol. The maximum atomic E-state index is 12.6. The Morgan fingerprint density at radius 1 is 1.33 bits per heavy atom. The van der Waals surface area contributed by atoms with Crippen molar-refractivity contribution in [3.05, 3.63) is 24.3 Å². The number of carbonyl (C=O) groups is 1. The van der Waals surface area contributed by atoms with E-state index < -0.39 is 12.2 Å². The maximum Gasteiger partial charge on any atom is 0.265 e. The highest BCUT2D eigenvalue weighted by Gasteiger charge is 2.35. The molecule has 1 aliphatic carbocycles. The highest BCUT2D eigenvalue weighted by Crippen LogP contribution is 2.29. The van der Waals surface area contributed by atoms with Gasteiger partial charge in [0, 0.05) is 7.05 Å². The SMILES string of the molecule is CN(C(=O)C1CNc2ccccc2O1)C1CCCCC1O. The van der Waals surface area contributed by atoms with Crippen LogP contribution in [0.4, 0.5) is 5.69 Å². The third-order valence-electron chi connectivity index (χ3n) is 4.45. The van der Waals surface area contributed by atoms with Crippen molar-refractivity contribution in [2.75, 3.05) is 18.9 Å². The van der Waals surface area contributed by atoms with Gasteiger partial charge in [-0.1, -0.05) is 25.0 Å². The molecule has 0 saturated heterocycles. The minimum absolute atomic E-state index is 0.0667. The topological polar surface area (TPSA) is 61.8 Å². The van der Waals surface area contributed by atoms with E-state index in [1.807, 2.05) is 24.3 Å². The molecule has 1 amide bonds. The highest BCUT2D eigenvalue weighted by atomic mass is 16.5. The van der Waals surface area contributed by atoms with Crippen LogP contribution in [0.15, 0.2) is 24.3 Å². The lowest BCUT2D eigenvalue weighted by atomic mass is 9.91. The monoisotopic (exact) mass is 290 g/mol. The summed E-state index contributed by atoms with van der Waals surface area (Å²) >= 11 is 0. The molecule has 0 aromatic heterocycles. The third kappa shape index (κ3) is 2.83. The molecule has 0 bridgehead atoms. The Morgan fingerprint density at radius 3 is 2.90 bits per heavy atom. The molecule has 2 aliphatic rings. The van der Waals surface area contributed by atoms with Gasteiger partial charge in [-0.15, -0.1) is 0 Å². The second kappa shape index (κ2) is 5.93. The smallest absolute Gasteiger partial charge is 0.265 e. The van der Waals surface area contributed by atoms with Gasteiger partial charge in [-0.3, -0.25) is 4.79 Å². The van der Waals surface area contributed by atoms with Crippen molar-refractivity contribution in [3.63, 3.8) is 0 Å². The number of aliphatic hydroxyl groups is 1. The Bertz CT molecular complexity index is 520. The van der Waals surface area contributed by atoms with Gasteiger partial charge in [0.2, 0.25) is 0 Å². The molecule has 0 spiro atoms. The van der Waals surface area contributed by atoms with E-state index in [-0.39, 0.29) is 11.9 Å². The Hall–Kier alpha value is -1.75. The fourth-order valence-electron chi connectivity index (χ4n) is 3.18. The number of hydrogen-bond acceptors (Lipinski definition) is 4. The summed E-state index contributed by atoms with van der Waals surface area (Å²) in [4.78, 5) is 14.3. The minimum Gasteiger partial charge on any atom is -0.477 e. The van der Waals surface area contributed by atoms with E-state index in [4.69, 9.17) is 4.74 Å². The maximum absolute atomic E-state index is 12.6. The third-order valence-corrected chi connectivity index (χ3v) is 4.45. The summed E-state index contributed by atoms with van der Waals surface area (Å²) in [6.45, 7) is 0.461. The zero-order chi connectivity index (χ0) is 14.8. The van der Waals surface area contributed by atoms with Crippen LogP contribution in [0.3, 0.4) is 0 Å². The number of fused-ring (bicyclic) bond motifs is 1. The Balaban J connectivity index is 1.68.